The summed E-state index contributed by atoms with van der Waals surface area (Å²) in [5.74, 6) is -2.78. The number of hydrogen-bond acceptors (Lipinski definition) is 11. The van der Waals surface area contributed by atoms with Gasteiger partial charge in [-0.3, -0.25) is 4.79 Å². The maximum atomic E-state index is 13.2. The summed E-state index contributed by atoms with van der Waals surface area (Å²) in [6.07, 6.45) is -2.78. The summed E-state index contributed by atoms with van der Waals surface area (Å²) >= 11 is 0. The van der Waals surface area contributed by atoms with Crippen LogP contribution in [0.3, 0.4) is 0 Å². The molecule has 3 aliphatic rings. The van der Waals surface area contributed by atoms with Crippen molar-refractivity contribution in [2.75, 3.05) is 20.7 Å². The van der Waals surface area contributed by atoms with Gasteiger partial charge in [-0.25, -0.2) is 0 Å². The summed E-state index contributed by atoms with van der Waals surface area (Å²) in [4.78, 5) is 20.5. The number of aliphatic hydroxyl groups is 4. The molecule has 0 aromatic carbocycles. The molecular weight excluding hydrogens is 520 g/mol. The Morgan fingerprint density at radius 3 is 2.38 bits per heavy atom. The molecule has 230 valence electrons. The lowest BCUT2D eigenvalue weighted by Crippen LogP contribution is -2.59. The third-order valence-corrected chi connectivity index (χ3v) is 8.72. The van der Waals surface area contributed by atoms with Crippen LogP contribution in [0.5, 0.6) is 0 Å². The molecule has 1 fully saturated rings. The van der Waals surface area contributed by atoms with Crippen LogP contribution >= 0.6 is 0 Å². The van der Waals surface area contributed by atoms with E-state index in [0.29, 0.717) is 24.1 Å². The molecule has 0 amide bonds. The topological polar surface area (TPSA) is 151 Å². The second-order valence-corrected chi connectivity index (χ2v) is 12.7. The van der Waals surface area contributed by atoms with E-state index in [2.05, 4.69) is 5.16 Å². The van der Waals surface area contributed by atoms with Gasteiger partial charge in [0.15, 0.2) is 6.29 Å². The molecule has 0 radical (unpaired) electrons. The minimum Gasteiger partial charge on any atom is -0.459 e. The van der Waals surface area contributed by atoms with Crippen LogP contribution in [0, 0.1) is 17.8 Å². The second kappa shape index (κ2) is 12.7. The van der Waals surface area contributed by atoms with E-state index in [9.17, 15) is 25.2 Å². The molecule has 3 heterocycles. The van der Waals surface area contributed by atoms with E-state index < -0.39 is 59.7 Å². The highest BCUT2D eigenvalue weighted by molar-refractivity contribution is 6.02. The first-order chi connectivity index (χ1) is 18.5. The molecule has 3 rings (SSSR count). The first kappa shape index (κ1) is 32.9. The van der Waals surface area contributed by atoms with E-state index in [1.54, 1.807) is 40.7 Å². The molecule has 40 heavy (non-hydrogen) atoms. The van der Waals surface area contributed by atoms with E-state index in [1.807, 2.05) is 32.8 Å². The fourth-order valence-corrected chi connectivity index (χ4v) is 6.38. The van der Waals surface area contributed by atoms with Crippen molar-refractivity contribution in [1.29, 1.82) is 0 Å². The number of ether oxygens (including phenoxy) is 3. The van der Waals surface area contributed by atoms with Crippen LogP contribution in [0.2, 0.25) is 0 Å². The Bertz CT molecular complexity index is 950. The van der Waals surface area contributed by atoms with Gasteiger partial charge in [0.2, 0.25) is 0 Å². The maximum Gasteiger partial charge on any atom is 0.311 e. The predicted octanol–water partition coefficient (Wildman–Crippen LogP) is 1.61. The summed E-state index contributed by atoms with van der Waals surface area (Å²) in [5, 5.41) is 50.0. The van der Waals surface area contributed by atoms with Crippen LogP contribution in [0.4, 0.5) is 0 Å². The Kier molecular flexibility index (Phi) is 10.5. The number of cyclic esters (lactones) is 1. The molecule has 12 atom stereocenters. The standard InChI is InChI=1S/C29H50N2O9/c1-10-21-28(6,35)13-19-14-37-30-22(19)15(2)12-29(7,36)25(17(4)23(32)18(5)26(34)39-21)40-27-24(33)20(31(8)9)11-16(3)38-27/h13,15-18,20-21,23-25,27,32-33,35-36H,10-12,14H2,1-9H3/t15-,16-,17+,18-,20+,21-,23+,24-,25-,27+,28+,29+/m1/s1. The first-order valence-electron chi connectivity index (χ1n) is 14.4. The van der Waals surface area contributed by atoms with Gasteiger partial charge in [-0.05, 0) is 67.1 Å². The monoisotopic (exact) mass is 570 g/mol. The van der Waals surface area contributed by atoms with Crippen LogP contribution in [0.15, 0.2) is 16.8 Å². The van der Waals surface area contributed by atoms with E-state index in [1.165, 1.54) is 0 Å². The number of likely N-dealkylation sites (N-methyl/N-ethyl adjacent to an activating group) is 1. The number of hydrogen-bond donors (Lipinski definition) is 4. The van der Waals surface area contributed by atoms with E-state index in [4.69, 9.17) is 19.0 Å². The van der Waals surface area contributed by atoms with Crippen LogP contribution in [0.1, 0.15) is 67.7 Å². The third-order valence-electron chi connectivity index (χ3n) is 8.72. The number of carbonyl (C=O) groups excluding carboxylic acids is 1. The Morgan fingerprint density at radius 1 is 1.12 bits per heavy atom. The zero-order chi connectivity index (χ0) is 30.2. The van der Waals surface area contributed by atoms with Crippen molar-refractivity contribution in [2.24, 2.45) is 22.9 Å². The molecular formula is C29H50N2O9. The number of rotatable bonds is 4. The lowest BCUT2D eigenvalue weighted by Gasteiger charge is -2.46. The summed E-state index contributed by atoms with van der Waals surface area (Å²) in [6, 6.07) is -0.235. The van der Waals surface area contributed by atoms with Gasteiger partial charge in [-0.15, -0.1) is 0 Å². The van der Waals surface area contributed by atoms with Gasteiger partial charge in [-0.2, -0.15) is 0 Å². The summed E-state index contributed by atoms with van der Waals surface area (Å²) in [6.45, 7) is 12.2. The Balaban J connectivity index is 2.04. The van der Waals surface area contributed by atoms with Crippen LogP contribution in [-0.4, -0.2) is 112 Å². The zero-order valence-corrected chi connectivity index (χ0v) is 25.4. The Labute approximate surface area is 238 Å². The number of aliphatic hydroxyl groups excluding tert-OH is 2. The number of nitrogens with zero attached hydrogens (tertiary/aromatic N) is 2. The van der Waals surface area contributed by atoms with Crippen molar-refractivity contribution in [3.63, 3.8) is 0 Å². The highest BCUT2D eigenvalue weighted by atomic mass is 16.7. The Hall–Kier alpha value is -1.60. The van der Waals surface area contributed by atoms with Gasteiger partial charge in [0.25, 0.3) is 0 Å². The fourth-order valence-electron chi connectivity index (χ4n) is 6.38. The summed E-state index contributed by atoms with van der Waals surface area (Å²) in [5.41, 5.74) is -1.87. The van der Waals surface area contributed by atoms with Crippen molar-refractivity contribution in [3.8, 4) is 0 Å². The molecule has 0 unspecified atom stereocenters. The quantitative estimate of drug-likeness (QED) is 0.367. The van der Waals surface area contributed by atoms with Crippen molar-refractivity contribution in [1.82, 2.24) is 4.90 Å². The van der Waals surface area contributed by atoms with Crippen LogP contribution < -0.4 is 0 Å². The van der Waals surface area contributed by atoms with Crippen molar-refractivity contribution in [2.45, 2.75) is 122 Å². The molecule has 4 N–H and O–H groups in total. The van der Waals surface area contributed by atoms with Crippen molar-refractivity contribution in [3.05, 3.63) is 11.6 Å². The lowest BCUT2D eigenvalue weighted by molar-refractivity contribution is -0.298. The molecule has 3 aliphatic heterocycles. The highest BCUT2D eigenvalue weighted by Crippen LogP contribution is 2.37. The average molecular weight is 571 g/mol. The van der Waals surface area contributed by atoms with Crippen molar-refractivity contribution < 1.29 is 44.3 Å². The summed E-state index contributed by atoms with van der Waals surface area (Å²) < 4.78 is 18.1. The third kappa shape index (κ3) is 7.06. The van der Waals surface area contributed by atoms with Crippen LogP contribution in [0.25, 0.3) is 0 Å². The second-order valence-electron chi connectivity index (χ2n) is 12.7. The molecule has 0 aromatic heterocycles. The minimum absolute atomic E-state index is 0.139. The van der Waals surface area contributed by atoms with Gasteiger partial charge in [0.1, 0.15) is 24.4 Å². The van der Waals surface area contributed by atoms with E-state index in [0.717, 1.165) is 0 Å². The van der Waals surface area contributed by atoms with Crippen LogP contribution in [-0.2, 0) is 23.8 Å². The van der Waals surface area contributed by atoms with Gasteiger partial charge in [0, 0.05) is 23.5 Å². The zero-order valence-electron chi connectivity index (χ0n) is 25.4. The average Bonchev–Trinajstić information content (AvgIpc) is 3.32. The number of oxime groups is 1. The fraction of sp³-hybridized carbons (Fsp3) is 0.862. The van der Waals surface area contributed by atoms with E-state index >= 15 is 0 Å². The normalized spacial score (nSPS) is 45.6. The predicted molar refractivity (Wildman–Crippen MR) is 148 cm³/mol. The largest absolute Gasteiger partial charge is 0.459 e. The number of carbonyl (C=O) groups is 1. The highest BCUT2D eigenvalue weighted by Gasteiger charge is 2.49. The smallest absolute Gasteiger partial charge is 0.311 e. The number of fused-ring (bicyclic) bond motifs is 1. The number of esters is 1. The lowest BCUT2D eigenvalue weighted by atomic mass is 9.76. The molecule has 0 aromatic rings. The summed E-state index contributed by atoms with van der Waals surface area (Å²) in [7, 11) is 3.75. The Morgan fingerprint density at radius 2 is 1.77 bits per heavy atom. The van der Waals surface area contributed by atoms with Gasteiger partial charge >= 0.3 is 5.97 Å². The minimum atomic E-state index is -1.56. The van der Waals surface area contributed by atoms with Gasteiger partial charge in [0.05, 0.1) is 35.5 Å². The maximum absolute atomic E-state index is 13.2. The van der Waals surface area contributed by atoms with Crippen molar-refractivity contribution >= 4 is 11.7 Å². The molecule has 1 saturated heterocycles. The SMILES string of the molecule is CC[C@H]1OC(=O)[C@H](C)[C@@H](O)[C@H](C)[C@@H](O[C@@H]2O[C@H](C)C[C@H](N(C)C)[C@H]2O)[C@@](C)(O)C[C@@H](C)C2=NOCC2=C[C@]1(C)O. The first-order valence-corrected chi connectivity index (χ1v) is 14.4. The molecule has 11 heteroatoms. The molecule has 11 nitrogen and oxygen atoms in total. The van der Waals surface area contributed by atoms with E-state index in [-0.39, 0.29) is 31.1 Å². The molecule has 0 bridgehead atoms. The molecule has 0 spiro atoms. The van der Waals surface area contributed by atoms with Gasteiger partial charge in [-0.1, -0.05) is 25.9 Å². The van der Waals surface area contributed by atoms with Gasteiger partial charge < -0.3 is 44.4 Å². The molecule has 0 aliphatic carbocycles. The molecule has 0 saturated carbocycles.